The van der Waals surface area contributed by atoms with Crippen molar-refractivity contribution in [3.05, 3.63) is 53.2 Å². The molecular formula is C24H33ClN4O4. The molecule has 0 atom stereocenters. The molecule has 0 unspecified atom stereocenters. The van der Waals surface area contributed by atoms with Gasteiger partial charge in [-0.25, -0.2) is 4.98 Å². The van der Waals surface area contributed by atoms with Crippen molar-refractivity contribution in [2.75, 3.05) is 52.8 Å². The molecule has 180 valence electrons. The molecule has 0 radical (unpaired) electrons. The lowest BCUT2D eigenvalue weighted by atomic mass is 10.1. The Labute approximate surface area is 201 Å². The number of nitrogens with zero attached hydrogens (tertiary/aromatic N) is 3. The molecule has 1 aromatic heterocycles. The highest BCUT2D eigenvalue weighted by atomic mass is 35.5. The molecule has 1 saturated heterocycles. The summed E-state index contributed by atoms with van der Waals surface area (Å²) in [4.78, 5) is 20.9. The van der Waals surface area contributed by atoms with E-state index in [0.29, 0.717) is 37.0 Å². The molecule has 0 bridgehead atoms. The zero-order valence-corrected chi connectivity index (χ0v) is 20.3. The average molecular weight is 477 g/mol. The highest BCUT2D eigenvalue weighted by molar-refractivity contribution is 5.91. The van der Waals surface area contributed by atoms with E-state index in [-0.39, 0.29) is 18.3 Å². The SMILES string of the molecule is CCOc1c(CN(C)C(=O)C=Cc2cnc(N)c(CN3CCOCC3)c2)cccc1OC.Cl. The van der Waals surface area contributed by atoms with Crippen LogP contribution in [0.3, 0.4) is 0 Å². The number of aromatic nitrogens is 1. The zero-order valence-electron chi connectivity index (χ0n) is 19.5. The van der Waals surface area contributed by atoms with E-state index in [4.69, 9.17) is 19.9 Å². The molecule has 1 aliphatic heterocycles. The molecule has 9 heteroatoms. The van der Waals surface area contributed by atoms with Gasteiger partial charge in [-0.2, -0.15) is 0 Å². The number of ether oxygens (including phenoxy) is 3. The van der Waals surface area contributed by atoms with Crippen LogP contribution in [-0.2, 0) is 22.6 Å². The van der Waals surface area contributed by atoms with Gasteiger partial charge in [-0.05, 0) is 30.7 Å². The molecule has 2 heterocycles. The Kier molecular flexibility index (Phi) is 10.4. The number of nitrogens with two attached hydrogens (primary N) is 1. The number of nitrogen functional groups attached to an aromatic ring is 1. The second kappa shape index (κ2) is 13.0. The average Bonchev–Trinajstić information content (AvgIpc) is 2.81. The second-order valence-electron chi connectivity index (χ2n) is 7.61. The molecule has 1 amide bonds. The minimum atomic E-state index is -0.123. The summed E-state index contributed by atoms with van der Waals surface area (Å²) < 4.78 is 16.5. The van der Waals surface area contributed by atoms with Crippen LogP contribution in [0, 0.1) is 0 Å². The maximum atomic E-state index is 12.7. The van der Waals surface area contributed by atoms with Gasteiger partial charge in [0.15, 0.2) is 11.5 Å². The largest absolute Gasteiger partial charge is 0.493 e. The number of rotatable bonds is 9. The van der Waals surface area contributed by atoms with Crippen molar-refractivity contribution in [3.63, 3.8) is 0 Å². The van der Waals surface area contributed by atoms with Gasteiger partial charge in [-0.1, -0.05) is 12.1 Å². The van der Waals surface area contributed by atoms with E-state index in [1.54, 1.807) is 37.4 Å². The third kappa shape index (κ3) is 7.35. The fourth-order valence-corrected chi connectivity index (χ4v) is 3.54. The van der Waals surface area contributed by atoms with Crippen molar-refractivity contribution in [1.82, 2.24) is 14.8 Å². The van der Waals surface area contributed by atoms with Gasteiger partial charge in [0.05, 0.1) is 26.9 Å². The highest BCUT2D eigenvalue weighted by Gasteiger charge is 2.15. The van der Waals surface area contributed by atoms with Crippen LogP contribution in [0.2, 0.25) is 0 Å². The Bertz CT molecular complexity index is 948. The number of halogens is 1. The van der Waals surface area contributed by atoms with Crippen molar-refractivity contribution in [2.24, 2.45) is 0 Å². The number of benzene rings is 1. The summed E-state index contributed by atoms with van der Waals surface area (Å²) in [6.07, 6.45) is 4.99. The summed E-state index contributed by atoms with van der Waals surface area (Å²) in [6.45, 7) is 6.75. The Balaban J connectivity index is 0.00000385. The van der Waals surface area contributed by atoms with E-state index < -0.39 is 0 Å². The van der Waals surface area contributed by atoms with Crippen LogP contribution in [0.25, 0.3) is 6.08 Å². The zero-order chi connectivity index (χ0) is 22.9. The van der Waals surface area contributed by atoms with E-state index in [0.717, 1.165) is 43.0 Å². The number of anilines is 1. The molecule has 2 N–H and O–H groups in total. The molecular weight excluding hydrogens is 444 g/mol. The number of likely N-dealkylation sites (N-methyl/N-ethyl adjacent to an activating group) is 1. The Morgan fingerprint density at radius 3 is 2.76 bits per heavy atom. The van der Waals surface area contributed by atoms with E-state index in [9.17, 15) is 4.79 Å². The van der Waals surface area contributed by atoms with Crippen LogP contribution in [0.4, 0.5) is 5.82 Å². The first kappa shape index (κ1) is 26.4. The van der Waals surface area contributed by atoms with Gasteiger partial charge in [-0.15, -0.1) is 12.4 Å². The number of amides is 1. The number of hydrogen-bond acceptors (Lipinski definition) is 7. The summed E-state index contributed by atoms with van der Waals surface area (Å²) in [7, 11) is 3.36. The van der Waals surface area contributed by atoms with Crippen LogP contribution in [0.1, 0.15) is 23.6 Å². The molecule has 0 spiro atoms. The summed E-state index contributed by atoms with van der Waals surface area (Å²) >= 11 is 0. The van der Waals surface area contributed by atoms with Gasteiger partial charge < -0.3 is 24.8 Å². The molecule has 1 aromatic carbocycles. The molecule has 0 saturated carbocycles. The predicted molar refractivity (Wildman–Crippen MR) is 132 cm³/mol. The topological polar surface area (TPSA) is 90.2 Å². The summed E-state index contributed by atoms with van der Waals surface area (Å²) in [5.74, 6) is 1.71. The lowest BCUT2D eigenvalue weighted by Gasteiger charge is -2.26. The van der Waals surface area contributed by atoms with Crippen LogP contribution in [-0.4, -0.2) is 67.8 Å². The molecule has 8 nitrogen and oxygen atoms in total. The second-order valence-corrected chi connectivity index (χ2v) is 7.61. The number of hydrogen-bond donors (Lipinski definition) is 1. The molecule has 3 rings (SSSR count). The van der Waals surface area contributed by atoms with Crippen molar-refractivity contribution >= 4 is 30.2 Å². The van der Waals surface area contributed by atoms with Gasteiger partial charge in [0, 0.05) is 56.6 Å². The number of methoxy groups -OCH3 is 1. The normalized spacial score (nSPS) is 14.0. The predicted octanol–water partition coefficient (Wildman–Crippen LogP) is 3.00. The first-order chi connectivity index (χ1) is 15.5. The standard InChI is InChI=1S/C24H32N4O4.ClH/c1-4-32-23-19(6-5-7-21(23)30-3)16-27(2)22(29)9-8-18-14-20(24(25)26-15-18)17-28-10-12-31-13-11-28;/h5-9,14-15H,4,10-13,16-17H2,1-3H3,(H2,25,26);1H. The summed E-state index contributed by atoms with van der Waals surface area (Å²) in [5.41, 5.74) is 8.74. The Hall–Kier alpha value is -2.81. The molecule has 33 heavy (non-hydrogen) atoms. The maximum Gasteiger partial charge on any atom is 0.246 e. The first-order valence-electron chi connectivity index (χ1n) is 10.8. The minimum Gasteiger partial charge on any atom is -0.493 e. The van der Waals surface area contributed by atoms with Crippen LogP contribution in [0.15, 0.2) is 36.5 Å². The van der Waals surface area contributed by atoms with Gasteiger partial charge >= 0.3 is 0 Å². The quantitative estimate of drug-likeness (QED) is 0.556. The number of carbonyl (C=O) groups excluding carboxylic acids is 1. The lowest BCUT2D eigenvalue weighted by molar-refractivity contribution is -0.125. The van der Waals surface area contributed by atoms with Gasteiger partial charge in [0.2, 0.25) is 5.91 Å². The lowest BCUT2D eigenvalue weighted by Crippen LogP contribution is -2.35. The number of morpholine rings is 1. The van der Waals surface area contributed by atoms with E-state index in [1.165, 1.54) is 0 Å². The molecule has 1 fully saturated rings. The molecule has 2 aromatic rings. The van der Waals surface area contributed by atoms with Crippen molar-refractivity contribution in [2.45, 2.75) is 20.0 Å². The van der Waals surface area contributed by atoms with Gasteiger partial charge in [0.25, 0.3) is 0 Å². The Morgan fingerprint density at radius 2 is 2.06 bits per heavy atom. The molecule has 0 aliphatic carbocycles. The van der Waals surface area contributed by atoms with Crippen LogP contribution < -0.4 is 15.2 Å². The van der Waals surface area contributed by atoms with E-state index in [2.05, 4.69) is 9.88 Å². The molecule has 1 aliphatic rings. The minimum absolute atomic E-state index is 0. The van der Waals surface area contributed by atoms with Crippen LogP contribution in [0.5, 0.6) is 11.5 Å². The monoisotopic (exact) mass is 476 g/mol. The number of para-hydroxylation sites is 1. The van der Waals surface area contributed by atoms with Crippen molar-refractivity contribution in [3.8, 4) is 11.5 Å². The van der Waals surface area contributed by atoms with E-state index in [1.807, 2.05) is 31.2 Å². The first-order valence-corrected chi connectivity index (χ1v) is 10.8. The van der Waals surface area contributed by atoms with Crippen molar-refractivity contribution in [1.29, 1.82) is 0 Å². The number of carbonyl (C=O) groups is 1. The summed E-state index contributed by atoms with van der Waals surface area (Å²) in [6, 6.07) is 7.65. The fraction of sp³-hybridized carbons (Fsp3) is 0.417. The maximum absolute atomic E-state index is 12.7. The fourth-order valence-electron chi connectivity index (χ4n) is 3.54. The summed E-state index contributed by atoms with van der Waals surface area (Å²) in [5, 5.41) is 0. The number of pyridine rings is 1. The van der Waals surface area contributed by atoms with Crippen molar-refractivity contribution < 1.29 is 19.0 Å². The Morgan fingerprint density at radius 1 is 1.30 bits per heavy atom. The third-order valence-electron chi connectivity index (χ3n) is 5.29. The van der Waals surface area contributed by atoms with Gasteiger partial charge in [0.1, 0.15) is 5.82 Å². The third-order valence-corrected chi connectivity index (χ3v) is 5.29. The smallest absolute Gasteiger partial charge is 0.246 e. The van der Waals surface area contributed by atoms with Crippen LogP contribution >= 0.6 is 12.4 Å². The van der Waals surface area contributed by atoms with Gasteiger partial charge in [-0.3, -0.25) is 9.69 Å². The highest BCUT2D eigenvalue weighted by Crippen LogP contribution is 2.31. The van der Waals surface area contributed by atoms with E-state index >= 15 is 0 Å².